The third-order valence-corrected chi connectivity index (χ3v) is 4.63. The minimum absolute atomic E-state index is 0.276. The lowest BCUT2D eigenvalue weighted by molar-refractivity contribution is 0.708. The average Bonchev–Trinajstić information content (AvgIpc) is 3.00. The highest BCUT2D eigenvalue weighted by molar-refractivity contribution is 9.10. The zero-order valence-electron chi connectivity index (χ0n) is 11.9. The van der Waals surface area contributed by atoms with Crippen LogP contribution >= 0.6 is 15.9 Å². The molecule has 9 heteroatoms. The zero-order chi connectivity index (χ0) is 15.5. The molecule has 0 unspecified atom stereocenters. The lowest BCUT2D eigenvalue weighted by Crippen LogP contribution is -2.36. The first-order valence-electron chi connectivity index (χ1n) is 6.20. The van der Waals surface area contributed by atoms with E-state index in [9.17, 15) is 9.59 Å². The van der Waals surface area contributed by atoms with Gasteiger partial charge in [-0.2, -0.15) is 10.1 Å². The molecule has 3 aromatic heterocycles. The molecule has 0 aromatic carbocycles. The maximum absolute atomic E-state index is 12.1. The van der Waals surface area contributed by atoms with Crippen molar-refractivity contribution in [2.45, 2.75) is 13.8 Å². The van der Waals surface area contributed by atoms with Crippen LogP contribution in [0.25, 0.3) is 17.1 Å². The van der Waals surface area contributed by atoms with E-state index in [4.69, 9.17) is 0 Å². The number of hydrogen-bond acceptors (Lipinski definition) is 4. The van der Waals surface area contributed by atoms with Gasteiger partial charge < -0.3 is 4.98 Å². The zero-order valence-corrected chi connectivity index (χ0v) is 13.5. The number of aromatic nitrogens is 6. The van der Waals surface area contributed by atoms with Crippen molar-refractivity contribution in [1.29, 1.82) is 0 Å². The van der Waals surface area contributed by atoms with Crippen molar-refractivity contribution in [3.8, 4) is 5.95 Å². The molecule has 3 rings (SSSR count). The summed E-state index contributed by atoms with van der Waals surface area (Å²) in [6.45, 7) is 3.75. The van der Waals surface area contributed by atoms with Crippen molar-refractivity contribution in [2.75, 3.05) is 0 Å². The minimum Gasteiger partial charge on any atom is -0.316 e. The molecule has 21 heavy (non-hydrogen) atoms. The van der Waals surface area contributed by atoms with Crippen molar-refractivity contribution >= 4 is 27.1 Å². The van der Waals surface area contributed by atoms with Crippen LogP contribution in [0.15, 0.2) is 14.1 Å². The van der Waals surface area contributed by atoms with E-state index in [1.165, 1.54) is 11.6 Å². The standard InChI is InChI=1S/C12H13BrN6O2/c1-5-7(13)6(2)19(16-5)11-14-8-9(15-11)17(3)12(21)18(4)10(8)20/h1-4H3,(H,14,15). The van der Waals surface area contributed by atoms with Crippen LogP contribution in [0.4, 0.5) is 0 Å². The number of halogens is 1. The molecule has 0 spiro atoms. The number of H-pyrrole nitrogens is 1. The predicted octanol–water partition coefficient (Wildman–Crippen LogP) is 0.525. The highest BCUT2D eigenvalue weighted by Crippen LogP contribution is 2.22. The fraction of sp³-hybridized carbons (Fsp3) is 0.333. The van der Waals surface area contributed by atoms with E-state index in [0.717, 1.165) is 20.4 Å². The first-order chi connectivity index (χ1) is 9.82. The summed E-state index contributed by atoms with van der Waals surface area (Å²) in [5, 5.41) is 4.36. The summed E-state index contributed by atoms with van der Waals surface area (Å²) >= 11 is 3.45. The molecule has 0 fully saturated rings. The second-order valence-electron chi connectivity index (χ2n) is 4.86. The monoisotopic (exact) mass is 352 g/mol. The number of nitrogens with one attached hydrogen (secondary N) is 1. The molecule has 3 heterocycles. The van der Waals surface area contributed by atoms with E-state index < -0.39 is 11.2 Å². The molecule has 0 radical (unpaired) electrons. The average molecular weight is 353 g/mol. The van der Waals surface area contributed by atoms with Crippen LogP contribution in [0.1, 0.15) is 11.4 Å². The number of aryl methyl sites for hydroxylation is 2. The van der Waals surface area contributed by atoms with E-state index in [0.29, 0.717) is 11.6 Å². The molecule has 0 aliphatic heterocycles. The van der Waals surface area contributed by atoms with Crippen LogP contribution < -0.4 is 11.2 Å². The predicted molar refractivity (Wildman–Crippen MR) is 80.9 cm³/mol. The Kier molecular flexibility index (Phi) is 2.90. The van der Waals surface area contributed by atoms with Crippen LogP contribution in [-0.4, -0.2) is 28.9 Å². The Morgan fingerprint density at radius 1 is 1.14 bits per heavy atom. The van der Waals surface area contributed by atoms with Gasteiger partial charge in [0.15, 0.2) is 11.2 Å². The normalized spacial score (nSPS) is 11.5. The molecular formula is C12H13BrN6O2. The molecule has 110 valence electrons. The molecule has 0 aliphatic rings. The number of aromatic amines is 1. The van der Waals surface area contributed by atoms with Gasteiger partial charge in [-0.1, -0.05) is 0 Å². The highest BCUT2D eigenvalue weighted by Gasteiger charge is 2.17. The third-order valence-electron chi connectivity index (χ3n) is 3.49. The molecule has 3 aromatic rings. The number of nitrogens with zero attached hydrogens (tertiary/aromatic N) is 5. The van der Waals surface area contributed by atoms with Gasteiger partial charge in [-0.05, 0) is 29.8 Å². The topological polar surface area (TPSA) is 90.5 Å². The number of imidazole rings is 1. The van der Waals surface area contributed by atoms with Crippen molar-refractivity contribution in [2.24, 2.45) is 14.1 Å². The maximum Gasteiger partial charge on any atom is 0.332 e. The van der Waals surface area contributed by atoms with Gasteiger partial charge in [-0.15, -0.1) is 0 Å². The first kappa shape index (κ1) is 13.8. The first-order valence-corrected chi connectivity index (χ1v) is 7.00. The summed E-state index contributed by atoms with van der Waals surface area (Å²) in [7, 11) is 3.01. The van der Waals surface area contributed by atoms with Crippen LogP contribution in [0.2, 0.25) is 0 Å². The van der Waals surface area contributed by atoms with Crippen LogP contribution in [-0.2, 0) is 14.1 Å². The largest absolute Gasteiger partial charge is 0.332 e. The van der Waals surface area contributed by atoms with Gasteiger partial charge in [0.2, 0.25) is 5.95 Å². The van der Waals surface area contributed by atoms with E-state index >= 15 is 0 Å². The van der Waals surface area contributed by atoms with Gasteiger partial charge in [0.1, 0.15) is 0 Å². The fourth-order valence-corrected chi connectivity index (χ4v) is 2.49. The fourth-order valence-electron chi connectivity index (χ4n) is 2.24. The second kappa shape index (κ2) is 4.42. The van der Waals surface area contributed by atoms with Gasteiger partial charge in [0.05, 0.1) is 15.9 Å². The summed E-state index contributed by atoms with van der Waals surface area (Å²) in [5.74, 6) is 0.398. The highest BCUT2D eigenvalue weighted by atomic mass is 79.9. The Morgan fingerprint density at radius 2 is 1.81 bits per heavy atom. The van der Waals surface area contributed by atoms with Crippen molar-refractivity contribution < 1.29 is 0 Å². The van der Waals surface area contributed by atoms with E-state index in [2.05, 4.69) is 31.0 Å². The summed E-state index contributed by atoms with van der Waals surface area (Å²) in [6, 6.07) is 0. The number of fused-ring (bicyclic) bond motifs is 1. The molecule has 0 aliphatic carbocycles. The van der Waals surface area contributed by atoms with E-state index in [1.54, 1.807) is 11.7 Å². The van der Waals surface area contributed by atoms with Gasteiger partial charge in [-0.25, -0.2) is 9.48 Å². The lowest BCUT2D eigenvalue weighted by Gasteiger charge is -2.00. The van der Waals surface area contributed by atoms with Crippen molar-refractivity contribution in [3.05, 3.63) is 36.7 Å². The van der Waals surface area contributed by atoms with Crippen molar-refractivity contribution in [1.82, 2.24) is 28.9 Å². The minimum atomic E-state index is -0.417. The summed E-state index contributed by atoms with van der Waals surface area (Å²) < 4.78 is 4.85. The van der Waals surface area contributed by atoms with Crippen LogP contribution in [0.3, 0.4) is 0 Å². The molecule has 0 bridgehead atoms. The summed E-state index contributed by atoms with van der Waals surface area (Å²) in [5.41, 5.74) is 1.43. The Morgan fingerprint density at radius 3 is 2.38 bits per heavy atom. The molecule has 0 amide bonds. The molecule has 8 nitrogen and oxygen atoms in total. The Hall–Kier alpha value is -2.16. The smallest absolute Gasteiger partial charge is 0.316 e. The third kappa shape index (κ3) is 1.80. The maximum atomic E-state index is 12.1. The molecule has 0 atom stereocenters. The number of rotatable bonds is 1. The SMILES string of the molecule is Cc1nn(-c2nc3c([nH]2)c(=O)n(C)c(=O)n3C)c(C)c1Br. The Balaban J connectivity index is 2.39. The molecular weight excluding hydrogens is 340 g/mol. The van der Waals surface area contributed by atoms with E-state index in [1.807, 2.05) is 13.8 Å². The van der Waals surface area contributed by atoms with Gasteiger partial charge >= 0.3 is 5.69 Å². The quantitative estimate of drug-likeness (QED) is 0.691. The summed E-state index contributed by atoms with van der Waals surface area (Å²) in [4.78, 5) is 31.3. The lowest BCUT2D eigenvalue weighted by atomic mass is 10.4. The Bertz CT molecular complexity index is 990. The molecule has 0 saturated heterocycles. The van der Waals surface area contributed by atoms with Crippen LogP contribution in [0.5, 0.6) is 0 Å². The van der Waals surface area contributed by atoms with Gasteiger partial charge in [0, 0.05) is 14.1 Å². The molecule has 1 N–H and O–H groups in total. The van der Waals surface area contributed by atoms with Crippen LogP contribution in [0, 0.1) is 13.8 Å². The van der Waals surface area contributed by atoms with Gasteiger partial charge in [0.25, 0.3) is 5.56 Å². The number of hydrogen-bond donors (Lipinski definition) is 1. The van der Waals surface area contributed by atoms with Gasteiger partial charge in [-0.3, -0.25) is 13.9 Å². The van der Waals surface area contributed by atoms with E-state index in [-0.39, 0.29) is 5.52 Å². The molecule has 0 saturated carbocycles. The van der Waals surface area contributed by atoms with Crippen molar-refractivity contribution in [3.63, 3.8) is 0 Å². The second-order valence-corrected chi connectivity index (χ2v) is 5.65. The Labute approximate surface area is 127 Å². The summed E-state index contributed by atoms with van der Waals surface area (Å²) in [6.07, 6.45) is 0.